The number of esters is 1. The van der Waals surface area contributed by atoms with Gasteiger partial charge < -0.3 is 10.1 Å². The summed E-state index contributed by atoms with van der Waals surface area (Å²) in [5.41, 5.74) is -0.0644. The zero-order chi connectivity index (χ0) is 19.5. The molecule has 1 aliphatic rings. The highest BCUT2D eigenvalue weighted by Crippen LogP contribution is 2.35. The van der Waals surface area contributed by atoms with Crippen LogP contribution in [0.25, 0.3) is 0 Å². The highest BCUT2D eigenvalue weighted by atomic mass is 32.2. The molecule has 0 aromatic carbocycles. The van der Waals surface area contributed by atoms with Gasteiger partial charge in [0.2, 0.25) is 15.9 Å². The first-order valence-electron chi connectivity index (χ1n) is 7.84. The molecular formula is C14H19N3O7S2. The Kier molecular flexibility index (Phi) is 6.31. The minimum atomic E-state index is -3.30. The van der Waals surface area contributed by atoms with Gasteiger partial charge in [0.25, 0.3) is 0 Å². The Morgan fingerprint density at radius 3 is 2.54 bits per heavy atom. The summed E-state index contributed by atoms with van der Waals surface area (Å²) < 4.78 is 29.2. The molecule has 1 aromatic rings. The third kappa shape index (κ3) is 4.77. The number of anilines is 1. The number of sulfonamides is 1. The van der Waals surface area contributed by atoms with Crippen LogP contribution in [0.5, 0.6) is 0 Å². The molecule has 2 rings (SSSR count). The second kappa shape index (κ2) is 8.10. The number of carbonyl (C=O) groups is 2. The van der Waals surface area contributed by atoms with Gasteiger partial charge in [-0.2, -0.15) is 0 Å². The second-order valence-corrected chi connectivity index (χ2v) is 8.74. The fraction of sp³-hybridized carbons (Fsp3) is 0.571. The van der Waals surface area contributed by atoms with Crippen molar-refractivity contribution in [3.8, 4) is 0 Å². The molecule has 1 fully saturated rings. The summed E-state index contributed by atoms with van der Waals surface area (Å²) in [6.45, 7) is 2.16. The molecule has 26 heavy (non-hydrogen) atoms. The molecule has 0 unspecified atom stereocenters. The number of carbonyl (C=O) groups excluding carboxylic acids is 2. The van der Waals surface area contributed by atoms with Gasteiger partial charge in [-0.15, -0.1) is 0 Å². The van der Waals surface area contributed by atoms with Crippen LogP contribution in [0.1, 0.15) is 30.1 Å². The Morgan fingerprint density at radius 2 is 2.04 bits per heavy atom. The molecule has 10 nitrogen and oxygen atoms in total. The molecule has 0 atom stereocenters. The summed E-state index contributed by atoms with van der Waals surface area (Å²) in [7, 11) is -3.30. The fourth-order valence-corrected chi connectivity index (χ4v) is 4.32. The molecule has 144 valence electrons. The van der Waals surface area contributed by atoms with Crippen LogP contribution in [0, 0.1) is 16.0 Å². The molecular weight excluding hydrogens is 386 g/mol. The average molecular weight is 405 g/mol. The third-order valence-electron chi connectivity index (χ3n) is 3.92. The predicted octanol–water partition coefficient (Wildman–Crippen LogP) is 1.44. The summed E-state index contributed by atoms with van der Waals surface area (Å²) in [4.78, 5) is 34.7. The first kappa shape index (κ1) is 20.3. The van der Waals surface area contributed by atoms with E-state index >= 15 is 0 Å². The van der Waals surface area contributed by atoms with Crippen molar-refractivity contribution in [3.63, 3.8) is 0 Å². The maximum Gasteiger partial charge on any atom is 0.341 e. The van der Waals surface area contributed by atoms with Crippen molar-refractivity contribution >= 4 is 43.2 Å². The number of nitro groups is 1. The van der Waals surface area contributed by atoms with E-state index in [-0.39, 0.29) is 35.3 Å². The largest absolute Gasteiger partial charge is 0.462 e. The minimum absolute atomic E-state index is 0.0608. The van der Waals surface area contributed by atoms with Crippen LogP contribution < -0.4 is 5.32 Å². The molecule has 0 spiro atoms. The summed E-state index contributed by atoms with van der Waals surface area (Å²) in [6.07, 6.45) is 1.78. The monoisotopic (exact) mass is 405 g/mol. The van der Waals surface area contributed by atoms with Crippen LogP contribution in [0.3, 0.4) is 0 Å². The molecule has 0 bridgehead atoms. The van der Waals surface area contributed by atoms with Gasteiger partial charge in [0.15, 0.2) is 0 Å². The molecule has 1 aliphatic heterocycles. The van der Waals surface area contributed by atoms with Crippen LogP contribution in [-0.2, 0) is 19.6 Å². The normalized spacial score (nSPS) is 16.2. The lowest BCUT2D eigenvalue weighted by molar-refractivity contribution is -0.380. The zero-order valence-electron chi connectivity index (χ0n) is 14.3. The first-order valence-corrected chi connectivity index (χ1v) is 10.5. The minimum Gasteiger partial charge on any atom is -0.462 e. The van der Waals surface area contributed by atoms with Crippen molar-refractivity contribution < 1.29 is 27.7 Å². The molecule has 2 heterocycles. The number of hydrogen-bond acceptors (Lipinski definition) is 8. The number of hydrogen-bond donors (Lipinski definition) is 1. The molecule has 0 saturated carbocycles. The van der Waals surface area contributed by atoms with Gasteiger partial charge in [0.1, 0.15) is 10.6 Å². The molecule has 12 heteroatoms. The van der Waals surface area contributed by atoms with E-state index in [2.05, 4.69) is 5.32 Å². The Morgan fingerprint density at radius 1 is 1.42 bits per heavy atom. The van der Waals surface area contributed by atoms with E-state index in [1.165, 1.54) is 4.31 Å². The number of rotatable bonds is 6. The highest BCUT2D eigenvalue weighted by molar-refractivity contribution is 7.88. The van der Waals surface area contributed by atoms with Crippen molar-refractivity contribution in [1.29, 1.82) is 0 Å². The molecule has 0 radical (unpaired) electrons. The van der Waals surface area contributed by atoms with Crippen molar-refractivity contribution in [2.75, 3.05) is 31.3 Å². The smallest absolute Gasteiger partial charge is 0.341 e. The maximum atomic E-state index is 12.4. The third-order valence-corrected chi connectivity index (χ3v) is 6.23. The number of piperidine rings is 1. The van der Waals surface area contributed by atoms with Crippen molar-refractivity contribution in [3.05, 3.63) is 21.7 Å². The molecule has 0 aliphatic carbocycles. The number of thiophene rings is 1. The van der Waals surface area contributed by atoms with Crippen LogP contribution in [0.4, 0.5) is 10.0 Å². The Hall–Kier alpha value is -2.05. The van der Waals surface area contributed by atoms with Gasteiger partial charge in [-0.25, -0.2) is 17.5 Å². The Labute approximate surface area is 154 Å². The second-order valence-electron chi connectivity index (χ2n) is 5.73. The first-order chi connectivity index (χ1) is 12.1. The lowest BCUT2D eigenvalue weighted by Gasteiger charge is -2.29. The van der Waals surface area contributed by atoms with E-state index in [0.29, 0.717) is 24.2 Å². The van der Waals surface area contributed by atoms with Gasteiger partial charge in [0, 0.05) is 25.1 Å². The van der Waals surface area contributed by atoms with E-state index < -0.39 is 32.7 Å². The number of nitrogens with zero attached hydrogens (tertiary/aromatic N) is 2. The lowest BCUT2D eigenvalue weighted by Crippen LogP contribution is -2.40. The van der Waals surface area contributed by atoms with Crippen molar-refractivity contribution in [2.24, 2.45) is 5.92 Å². The summed E-state index contributed by atoms with van der Waals surface area (Å²) in [6, 6.07) is 1.07. The van der Waals surface area contributed by atoms with Crippen LogP contribution in [0.2, 0.25) is 0 Å². The molecule has 1 amide bonds. The standard InChI is InChI=1S/C14H19N3O7S2/c1-3-24-14(19)10-8-11(17(20)21)25-13(10)15-12(18)9-4-6-16(7-5-9)26(2,22)23/h8-9H,3-7H2,1-2H3,(H,15,18). The zero-order valence-corrected chi connectivity index (χ0v) is 15.9. The fourth-order valence-electron chi connectivity index (χ4n) is 2.58. The number of amides is 1. The highest BCUT2D eigenvalue weighted by Gasteiger charge is 2.31. The van der Waals surface area contributed by atoms with Crippen LogP contribution in [0.15, 0.2) is 6.07 Å². The van der Waals surface area contributed by atoms with Crippen molar-refractivity contribution in [2.45, 2.75) is 19.8 Å². The molecule has 1 saturated heterocycles. The Balaban J connectivity index is 2.11. The topological polar surface area (TPSA) is 136 Å². The summed E-state index contributed by atoms with van der Waals surface area (Å²) >= 11 is 0.681. The molecule has 1 N–H and O–H groups in total. The number of ether oxygens (including phenoxy) is 1. The van der Waals surface area contributed by atoms with E-state index in [1.54, 1.807) is 6.92 Å². The Bertz CT molecular complexity index is 811. The summed E-state index contributed by atoms with van der Waals surface area (Å²) in [5.74, 6) is -1.59. The quantitative estimate of drug-likeness (QED) is 0.430. The molecule has 1 aromatic heterocycles. The van der Waals surface area contributed by atoms with E-state index in [9.17, 15) is 28.1 Å². The number of nitrogens with one attached hydrogen (secondary N) is 1. The average Bonchev–Trinajstić information content (AvgIpc) is 2.98. The van der Waals surface area contributed by atoms with Crippen LogP contribution >= 0.6 is 11.3 Å². The van der Waals surface area contributed by atoms with Crippen molar-refractivity contribution in [1.82, 2.24) is 4.31 Å². The van der Waals surface area contributed by atoms with E-state index in [4.69, 9.17) is 4.74 Å². The summed E-state index contributed by atoms with van der Waals surface area (Å²) in [5, 5.41) is 13.3. The van der Waals surface area contributed by atoms with E-state index in [0.717, 1.165) is 12.3 Å². The van der Waals surface area contributed by atoms with Gasteiger partial charge in [-0.1, -0.05) is 0 Å². The van der Waals surface area contributed by atoms with Gasteiger partial charge in [-0.3, -0.25) is 14.9 Å². The maximum absolute atomic E-state index is 12.4. The van der Waals surface area contributed by atoms with E-state index in [1.807, 2.05) is 0 Å². The SMILES string of the molecule is CCOC(=O)c1cc([N+](=O)[O-])sc1NC(=O)C1CCN(S(C)(=O)=O)CC1. The predicted molar refractivity (Wildman–Crippen MR) is 94.7 cm³/mol. The van der Waals surface area contributed by atoms with Gasteiger partial charge in [0.05, 0.1) is 17.8 Å². The van der Waals surface area contributed by atoms with Crippen LogP contribution in [-0.4, -0.2) is 55.5 Å². The van der Waals surface area contributed by atoms with Gasteiger partial charge in [-0.05, 0) is 31.1 Å². The van der Waals surface area contributed by atoms with Gasteiger partial charge >= 0.3 is 11.0 Å². The lowest BCUT2D eigenvalue weighted by atomic mass is 9.97.